The van der Waals surface area contributed by atoms with Gasteiger partial charge in [-0.3, -0.25) is 19.6 Å². The lowest BCUT2D eigenvalue weighted by Crippen LogP contribution is -2.59. The lowest BCUT2D eigenvalue weighted by atomic mass is 9.84. The van der Waals surface area contributed by atoms with Crippen LogP contribution < -0.4 is 10.7 Å². The van der Waals surface area contributed by atoms with Crippen LogP contribution in [0.2, 0.25) is 0 Å². The molecular formula is C39H46N6O5S. The number of aryl methyl sites for hydroxylation is 1. The van der Waals surface area contributed by atoms with Crippen molar-refractivity contribution in [1.29, 1.82) is 0 Å². The van der Waals surface area contributed by atoms with E-state index >= 15 is 0 Å². The number of benzene rings is 1. The number of esters is 1. The number of fused-ring (bicyclic) bond motifs is 6. The van der Waals surface area contributed by atoms with Crippen molar-refractivity contribution in [2.24, 2.45) is 17.3 Å². The summed E-state index contributed by atoms with van der Waals surface area (Å²) in [5, 5.41) is 8.26. The zero-order valence-electron chi connectivity index (χ0n) is 30.1. The van der Waals surface area contributed by atoms with Crippen molar-refractivity contribution in [1.82, 2.24) is 30.3 Å². The van der Waals surface area contributed by atoms with Crippen molar-refractivity contribution in [3.05, 3.63) is 70.3 Å². The van der Waals surface area contributed by atoms with Crippen molar-refractivity contribution >= 4 is 40.0 Å². The second-order valence-electron chi connectivity index (χ2n) is 14.8. The Morgan fingerprint density at radius 3 is 2.80 bits per heavy atom. The van der Waals surface area contributed by atoms with Crippen LogP contribution in [0.4, 0.5) is 0 Å². The van der Waals surface area contributed by atoms with E-state index in [0.29, 0.717) is 12.3 Å². The van der Waals surface area contributed by atoms with Crippen LogP contribution in [-0.2, 0) is 43.2 Å². The molecule has 5 atom stereocenters. The first-order chi connectivity index (χ1) is 24.5. The fraction of sp³-hybridized carbons (Fsp3) is 0.462. The number of rotatable bonds is 6. The third-order valence-corrected chi connectivity index (χ3v) is 11.2. The number of hydrogen-bond acceptors (Lipinski definition) is 9. The first kappa shape index (κ1) is 35.0. The van der Waals surface area contributed by atoms with Crippen molar-refractivity contribution in [2.75, 3.05) is 20.3 Å². The highest BCUT2D eigenvalue weighted by Crippen LogP contribution is 2.42. The molecule has 7 rings (SSSR count). The molecule has 3 aromatic heterocycles. The molecule has 1 saturated carbocycles. The highest BCUT2D eigenvalue weighted by molar-refractivity contribution is 7.10. The summed E-state index contributed by atoms with van der Waals surface area (Å²) < 4.78 is 14.1. The molecule has 268 valence electrons. The van der Waals surface area contributed by atoms with Gasteiger partial charge in [-0.15, -0.1) is 11.3 Å². The minimum Gasteiger partial charge on any atom is -0.464 e. The maximum atomic E-state index is 14.0. The van der Waals surface area contributed by atoms with Gasteiger partial charge in [0, 0.05) is 65.0 Å². The number of cyclic esters (lactones) is 1. The van der Waals surface area contributed by atoms with Crippen LogP contribution in [0.3, 0.4) is 0 Å². The Labute approximate surface area is 302 Å². The molecule has 12 heteroatoms. The molecule has 1 fully saturated rings. The summed E-state index contributed by atoms with van der Waals surface area (Å²) in [5.74, 6) is -0.733. The summed E-state index contributed by atoms with van der Waals surface area (Å²) in [5.41, 5.74) is 9.50. The van der Waals surface area contributed by atoms with Gasteiger partial charge in [0.15, 0.2) is 0 Å². The summed E-state index contributed by atoms with van der Waals surface area (Å²) in [4.78, 5) is 50.4. The first-order valence-corrected chi connectivity index (χ1v) is 18.6. The van der Waals surface area contributed by atoms with Crippen LogP contribution in [0.1, 0.15) is 63.4 Å². The molecule has 1 aliphatic carbocycles. The Morgan fingerprint density at radius 1 is 1.25 bits per heavy atom. The average Bonchev–Trinajstić information content (AvgIpc) is 3.56. The first-order valence-electron chi connectivity index (χ1n) is 17.8. The summed E-state index contributed by atoms with van der Waals surface area (Å²) in [6.07, 6.45) is 6.73. The average molecular weight is 711 g/mol. The summed E-state index contributed by atoms with van der Waals surface area (Å²) in [6.45, 7) is 11.5. The molecular weight excluding hydrogens is 665 g/mol. The van der Waals surface area contributed by atoms with E-state index in [9.17, 15) is 14.4 Å². The molecule has 4 aromatic rings. The maximum Gasteiger partial charge on any atom is 0.328 e. The van der Waals surface area contributed by atoms with Gasteiger partial charge in [-0.2, -0.15) is 0 Å². The number of nitrogens with one attached hydrogen (secondary N) is 2. The molecule has 5 heterocycles. The lowest BCUT2D eigenvalue weighted by Gasteiger charge is -2.33. The van der Waals surface area contributed by atoms with Crippen molar-refractivity contribution in [3.8, 4) is 22.5 Å². The van der Waals surface area contributed by atoms with Gasteiger partial charge in [-0.25, -0.2) is 15.2 Å². The Balaban J connectivity index is 1.36. The normalized spacial score (nSPS) is 23.8. The van der Waals surface area contributed by atoms with E-state index in [0.717, 1.165) is 62.6 Å². The number of carbonyl (C=O) groups is 3. The number of carbonyl (C=O) groups excluding carboxylic acids is 3. The summed E-state index contributed by atoms with van der Waals surface area (Å²) in [6, 6.07) is 8.81. The van der Waals surface area contributed by atoms with E-state index in [1.54, 1.807) is 25.5 Å². The fourth-order valence-corrected chi connectivity index (χ4v) is 8.11. The quantitative estimate of drug-likeness (QED) is 0.195. The number of amides is 2. The number of aromatic nitrogens is 3. The molecule has 2 amide bonds. The topological polar surface area (TPSA) is 128 Å². The van der Waals surface area contributed by atoms with Gasteiger partial charge in [-0.1, -0.05) is 39.0 Å². The molecule has 2 N–H and O–H groups in total. The van der Waals surface area contributed by atoms with Gasteiger partial charge in [0.25, 0.3) is 5.91 Å². The molecule has 2 aliphatic heterocycles. The zero-order valence-corrected chi connectivity index (χ0v) is 30.9. The molecule has 0 saturated heterocycles. The van der Waals surface area contributed by atoms with E-state index in [2.05, 4.69) is 60.3 Å². The standard InChI is InChI=1S/C39H46N6O5S/c1-7-44-32-13-12-24-17-27(32)28(35(44)25-10-8-14-40-34(25)23(3)49-6)19-39(4,5)21-50-38(48)29-11-9-15-45(43-29)37(47)30(18-33-41-31(24)20-51-33)42-36(46)26-16-22(26)2/h8-14,17,20,22-23,26,29-30,43H,7,15-16,18-19,21H2,1-6H3,(H,42,46). The lowest BCUT2D eigenvalue weighted by molar-refractivity contribution is -0.151. The Morgan fingerprint density at radius 2 is 2.06 bits per heavy atom. The molecule has 3 aliphatic rings. The molecule has 6 bridgehead atoms. The largest absolute Gasteiger partial charge is 0.464 e. The monoisotopic (exact) mass is 710 g/mol. The molecule has 1 aromatic carbocycles. The molecule has 11 nitrogen and oxygen atoms in total. The number of hydrazine groups is 1. The van der Waals surface area contributed by atoms with Crippen molar-refractivity contribution < 1.29 is 23.9 Å². The van der Waals surface area contributed by atoms with E-state index < -0.39 is 23.5 Å². The second kappa shape index (κ2) is 14.0. The minimum atomic E-state index is -0.851. The second-order valence-corrected chi connectivity index (χ2v) is 15.7. The smallest absolute Gasteiger partial charge is 0.328 e. The SMILES string of the molecule is CCn1c(-c2cccnc2C(C)OC)c2c3cc(ccc31)-c1csc(n1)CC(NC(=O)C1CC1C)C(=O)N1CC=CC(N1)C(=O)OCC(C)(C)C2. The summed E-state index contributed by atoms with van der Waals surface area (Å²) >= 11 is 1.47. The number of methoxy groups -OCH3 is 1. The number of nitrogens with zero attached hydrogens (tertiary/aromatic N) is 4. The number of ether oxygens (including phenoxy) is 2. The predicted octanol–water partition coefficient (Wildman–Crippen LogP) is 5.63. The molecule has 0 spiro atoms. The Hall–Kier alpha value is -4.39. The third kappa shape index (κ3) is 6.96. The zero-order chi connectivity index (χ0) is 36.0. The molecule has 0 radical (unpaired) electrons. The fourth-order valence-electron chi connectivity index (χ4n) is 7.26. The van der Waals surface area contributed by atoms with E-state index in [4.69, 9.17) is 19.4 Å². The third-order valence-electron chi connectivity index (χ3n) is 10.3. The molecule has 5 unspecified atom stereocenters. The van der Waals surface area contributed by atoms with Crippen LogP contribution in [0.15, 0.2) is 54.1 Å². The van der Waals surface area contributed by atoms with Crippen LogP contribution in [-0.4, -0.2) is 69.7 Å². The van der Waals surface area contributed by atoms with Crippen LogP contribution in [0.25, 0.3) is 33.4 Å². The van der Waals surface area contributed by atoms with E-state index in [1.165, 1.54) is 16.3 Å². The van der Waals surface area contributed by atoms with Crippen molar-refractivity contribution in [2.45, 2.75) is 78.6 Å². The van der Waals surface area contributed by atoms with Crippen LogP contribution in [0, 0.1) is 17.3 Å². The number of thiazole rings is 1. The van der Waals surface area contributed by atoms with Crippen molar-refractivity contribution in [3.63, 3.8) is 0 Å². The maximum absolute atomic E-state index is 14.0. The predicted molar refractivity (Wildman–Crippen MR) is 197 cm³/mol. The van der Waals surface area contributed by atoms with Gasteiger partial charge in [-0.05, 0) is 62.4 Å². The van der Waals surface area contributed by atoms with Gasteiger partial charge in [0.1, 0.15) is 12.1 Å². The van der Waals surface area contributed by atoms with Gasteiger partial charge >= 0.3 is 5.97 Å². The Bertz CT molecular complexity index is 2020. The van der Waals surface area contributed by atoms with E-state index in [1.807, 2.05) is 25.3 Å². The van der Waals surface area contributed by atoms with E-state index in [-0.39, 0.29) is 43.4 Å². The minimum absolute atomic E-state index is 0.0975. The van der Waals surface area contributed by atoms with Gasteiger partial charge < -0.3 is 19.4 Å². The highest BCUT2D eigenvalue weighted by atomic mass is 32.1. The summed E-state index contributed by atoms with van der Waals surface area (Å²) in [7, 11) is 1.69. The highest BCUT2D eigenvalue weighted by Gasteiger charge is 2.41. The number of hydrogen-bond donors (Lipinski definition) is 2. The number of pyridine rings is 1. The van der Waals surface area contributed by atoms with Crippen LogP contribution >= 0.6 is 11.3 Å². The Kier molecular flexibility index (Phi) is 9.59. The van der Waals surface area contributed by atoms with Gasteiger partial charge in [0.05, 0.1) is 41.3 Å². The molecule has 51 heavy (non-hydrogen) atoms. The van der Waals surface area contributed by atoms with Gasteiger partial charge in [0.2, 0.25) is 5.91 Å². The van der Waals surface area contributed by atoms with Crippen LogP contribution in [0.5, 0.6) is 0 Å².